The molecule has 2 rings (SSSR count). The molecular formula is C10H9FN2O. The van der Waals surface area contributed by atoms with Gasteiger partial charge < -0.3 is 4.98 Å². The highest BCUT2D eigenvalue weighted by Gasteiger charge is 2.06. The number of rotatable bonds is 1. The highest BCUT2D eigenvalue weighted by molar-refractivity contribution is 5.33. The van der Waals surface area contributed by atoms with E-state index in [0.29, 0.717) is 5.69 Å². The first-order valence-corrected chi connectivity index (χ1v) is 4.21. The Balaban J connectivity index is 2.66. The topological polar surface area (TPSA) is 37.8 Å². The van der Waals surface area contributed by atoms with Gasteiger partial charge in [0.25, 0.3) is 0 Å². The molecule has 2 aromatic rings. The highest BCUT2D eigenvalue weighted by Crippen LogP contribution is 2.10. The molecule has 0 bridgehead atoms. The van der Waals surface area contributed by atoms with Crippen LogP contribution in [-0.4, -0.2) is 9.55 Å². The predicted octanol–water partition coefficient (Wildman–Crippen LogP) is 1.61. The number of aromatic nitrogens is 2. The maximum Gasteiger partial charge on any atom is 0.330 e. The van der Waals surface area contributed by atoms with E-state index in [4.69, 9.17) is 0 Å². The summed E-state index contributed by atoms with van der Waals surface area (Å²) in [7, 11) is 0. The van der Waals surface area contributed by atoms with Crippen LogP contribution in [0.3, 0.4) is 0 Å². The van der Waals surface area contributed by atoms with Gasteiger partial charge in [0.15, 0.2) is 0 Å². The summed E-state index contributed by atoms with van der Waals surface area (Å²) in [5.41, 5.74) is 0.646. The summed E-state index contributed by atoms with van der Waals surface area (Å²) < 4.78 is 14.5. The number of para-hydroxylation sites is 1. The van der Waals surface area contributed by atoms with E-state index in [0.717, 1.165) is 0 Å². The van der Waals surface area contributed by atoms with Gasteiger partial charge in [-0.2, -0.15) is 0 Å². The van der Waals surface area contributed by atoms with Crippen LogP contribution >= 0.6 is 0 Å². The Morgan fingerprint density at radius 3 is 2.64 bits per heavy atom. The average Bonchev–Trinajstić information content (AvgIpc) is 2.46. The number of halogens is 1. The van der Waals surface area contributed by atoms with Crippen molar-refractivity contribution >= 4 is 0 Å². The lowest BCUT2D eigenvalue weighted by Gasteiger charge is -2.00. The molecule has 4 heteroatoms. The van der Waals surface area contributed by atoms with Crippen LogP contribution in [0.1, 0.15) is 5.69 Å². The van der Waals surface area contributed by atoms with E-state index >= 15 is 0 Å². The van der Waals surface area contributed by atoms with E-state index in [1.165, 1.54) is 10.6 Å². The van der Waals surface area contributed by atoms with Crippen LogP contribution in [0.2, 0.25) is 0 Å². The van der Waals surface area contributed by atoms with Gasteiger partial charge in [-0.15, -0.1) is 0 Å². The first kappa shape index (κ1) is 8.74. The third kappa shape index (κ3) is 1.35. The van der Waals surface area contributed by atoms with Crippen molar-refractivity contribution in [2.45, 2.75) is 6.92 Å². The van der Waals surface area contributed by atoms with E-state index in [-0.39, 0.29) is 11.4 Å². The molecule has 1 aromatic heterocycles. The normalized spacial score (nSPS) is 10.4. The predicted molar refractivity (Wildman–Crippen MR) is 51.1 cm³/mol. The molecule has 0 radical (unpaired) electrons. The van der Waals surface area contributed by atoms with E-state index in [1.54, 1.807) is 31.3 Å². The number of nitrogens with one attached hydrogen (secondary N) is 1. The fraction of sp³-hybridized carbons (Fsp3) is 0.100. The third-order valence-corrected chi connectivity index (χ3v) is 1.96. The van der Waals surface area contributed by atoms with Crippen LogP contribution in [0.15, 0.2) is 35.3 Å². The number of H-pyrrole nitrogens is 1. The van der Waals surface area contributed by atoms with Crippen molar-refractivity contribution in [3.8, 4) is 5.69 Å². The van der Waals surface area contributed by atoms with Crippen LogP contribution in [0, 0.1) is 12.7 Å². The lowest BCUT2D eigenvalue weighted by molar-refractivity contribution is 0.616. The number of benzene rings is 1. The summed E-state index contributed by atoms with van der Waals surface area (Å²) in [6.45, 7) is 1.75. The molecule has 0 unspecified atom stereocenters. The quantitative estimate of drug-likeness (QED) is 0.732. The summed E-state index contributed by atoms with van der Waals surface area (Å²) in [5, 5.41) is 0. The molecule has 0 saturated heterocycles. The summed E-state index contributed by atoms with van der Waals surface area (Å²) in [5.74, 6) is -0.409. The number of aryl methyl sites for hydroxylation is 1. The second kappa shape index (κ2) is 3.14. The minimum absolute atomic E-state index is 0.266. The number of hydrogen-bond donors (Lipinski definition) is 1. The van der Waals surface area contributed by atoms with Crippen molar-refractivity contribution < 1.29 is 4.39 Å². The summed E-state index contributed by atoms with van der Waals surface area (Å²) >= 11 is 0. The Labute approximate surface area is 79.8 Å². The van der Waals surface area contributed by atoms with Crippen LogP contribution in [0.4, 0.5) is 4.39 Å². The minimum Gasteiger partial charge on any atom is -0.310 e. The maximum absolute atomic E-state index is 13.3. The standard InChI is InChI=1S/C10H9FN2O/c1-7-6-13(10(14)12-7)9-5-3-2-4-8(9)11/h2-6H,1H3,(H,12,14). The maximum atomic E-state index is 13.3. The molecule has 0 amide bonds. The molecule has 0 saturated carbocycles. The Kier molecular flexibility index (Phi) is 1.96. The van der Waals surface area contributed by atoms with Crippen molar-refractivity contribution in [1.82, 2.24) is 9.55 Å². The molecule has 0 spiro atoms. The zero-order valence-corrected chi connectivity index (χ0v) is 7.62. The number of hydrogen-bond acceptors (Lipinski definition) is 1. The molecule has 0 aliphatic rings. The molecule has 0 aliphatic heterocycles. The largest absolute Gasteiger partial charge is 0.330 e. The van der Waals surface area contributed by atoms with Gasteiger partial charge in [-0.1, -0.05) is 12.1 Å². The number of aromatic amines is 1. The smallest absolute Gasteiger partial charge is 0.310 e. The fourth-order valence-electron chi connectivity index (χ4n) is 1.34. The van der Waals surface area contributed by atoms with Crippen molar-refractivity contribution in [3.05, 3.63) is 52.5 Å². The van der Waals surface area contributed by atoms with Gasteiger partial charge in [0, 0.05) is 11.9 Å². The highest BCUT2D eigenvalue weighted by atomic mass is 19.1. The monoisotopic (exact) mass is 192 g/mol. The summed E-state index contributed by atoms with van der Waals surface area (Å²) in [6, 6.07) is 6.16. The van der Waals surface area contributed by atoms with Crippen molar-refractivity contribution in [3.63, 3.8) is 0 Å². The Morgan fingerprint density at radius 2 is 2.07 bits per heavy atom. The Bertz CT molecular complexity index is 513. The second-order valence-electron chi connectivity index (χ2n) is 3.06. The number of imidazole rings is 1. The first-order valence-electron chi connectivity index (χ1n) is 4.21. The SMILES string of the molecule is Cc1cn(-c2ccccc2F)c(=O)[nH]1. The molecule has 14 heavy (non-hydrogen) atoms. The minimum atomic E-state index is -0.409. The first-order chi connectivity index (χ1) is 6.68. The fourth-order valence-corrected chi connectivity index (χ4v) is 1.34. The number of nitrogens with zero attached hydrogens (tertiary/aromatic N) is 1. The molecular weight excluding hydrogens is 183 g/mol. The van der Waals surface area contributed by atoms with Gasteiger partial charge >= 0.3 is 5.69 Å². The average molecular weight is 192 g/mol. The zero-order chi connectivity index (χ0) is 10.1. The molecule has 0 fully saturated rings. The molecule has 1 aromatic carbocycles. The van der Waals surface area contributed by atoms with E-state index < -0.39 is 5.82 Å². The van der Waals surface area contributed by atoms with Crippen molar-refractivity contribution in [2.75, 3.05) is 0 Å². The molecule has 72 valence electrons. The van der Waals surface area contributed by atoms with Gasteiger partial charge in [0.1, 0.15) is 5.82 Å². The third-order valence-electron chi connectivity index (χ3n) is 1.96. The second-order valence-corrected chi connectivity index (χ2v) is 3.06. The van der Waals surface area contributed by atoms with E-state index in [1.807, 2.05) is 0 Å². The summed E-state index contributed by atoms with van der Waals surface area (Å²) in [6.07, 6.45) is 1.57. The Morgan fingerprint density at radius 1 is 1.36 bits per heavy atom. The van der Waals surface area contributed by atoms with Crippen molar-refractivity contribution in [1.29, 1.82) is 0 Å². The van der Waals surface area contributed by atoms with Gasteiger partial charge in [0.05, 0.1) is 5.69 Å². The van der Waals surface area contributed by atoms with Gasteiger partial charge in [-0.05, 0) is 19.1 Å². The van der Waals surface area contributed by atoms with Gasteiger partial charge in [-0.25, -0.2) is 9.18 Å². The van der Waals surface area contributed by atoms with Crippen molar-refractivity contribution in [2.24, 2.45) is 0 Å². The lowest BCUT2D eigenvalue weighted by atomic mass is 10.3. The zero-order valence-electron chi connectivity index (χ0n) is 7.62. The van der Waals surface area contributed by atoms with Crippen LogP contribution in [-0.2, 0) is 0 Å². The molecule has 1 heterocycles. The van der Waals surface area contributed by atoms with E-state index in [9.17, 15) is 9.18 Å². The molecule has 3 nitrogen and oxygen atoms in total. The van der Waals surface area contributed by atoms with Crippen LogP contribution in [0.25, 0.3) is 5.69 Å². The lowest BCUT2D eigenvalue weighted by Crippen LogP contribution is -2.15. The van der Waals surface area contributed by atoms with Gasteiger partial charge in [-0.3, -0.25) is 4.57 Å². The van der Waals surface area contributed by atoms with Crippen LogP contribution in [0.5, 0.6) is 0 Å². The van der Waals surface area contributed by atoms with E-state index in [2.05, 4.69) is 4.98 Å². The summed E-state index contributed by atoms with van der Waals surface area (Å²) in [4.78, 5) is 13.9. The Hall–Kier alpha value is -1.84. The van der Waals surface area contributed by atoms with Crippen LogP contribution < -0.4 is 5.69 Å². The van der Waals surface area contributed by atoms with Gasteiger partial charge in [0.2, 0.25) is 0 Å². The molecule has 0 aliphatic carbocycles. The molecule has 0 atom stereocenters. The molecule has 1 N–H and O–H groups in total.